The van der Waals surface area contributed by atoms with Crippen LogP contribution in [0.2, 0.25) is 58.9 Å². The topological polar surface area (TPSA) is 40.5 Å². The first kappa shape index (κ1) is 16.0. The van der Waals surface area contributed by atoms with E-state index in [0.29, 0.717) is 0 Å². The third-order valence-corrected chi connectivity index (χ3v) is 70.5. The molecule has 2 nitrogen and oxygen atoms in total. The third-order valence-electron chi connectivity index (χ3n) is 3.81. The normalized spacial score (nSPS) is 18.5. The van der Waals surface area contributed by atoms with Crippen LogP contribution in [0.15, 0.2) is 0 Å². The first-order valence-corrected chi connectivity index (χ1v) is 20.7. The molecule has 0 fully saturated rings. The summed E-state index contributed by atoms with van der Waals surface area (Å²) in [7, 11) is -5.82. The second kappa shape index (κ2) is 3.50. The Morgan fingerprint density at radius 1 is 0.533 bits per heavy atom. The molecule has 15 heavy (non-hydrogen) atoms. The predicted octanol–water partition coefficient (Wildman–Crippen LogP) is 3.86. The van der Waals surface area contributed by atoms with Gasteiger partial charge in [0, 0.05) is 0 Å². The van der Waals surface area contributed by atoms with Gasteiger partial charge in [0.05, 0.1) is 0 Å². The van der Waals surface area contributed by atoms with Crippen molar-refractivity contribution in [2.45, 2.75) is 58.9 Å². The number of hydrogen-bond acceptors (Lipinski definition) is 2. The van der Waals surface area contributed by atoms with Crippen LogP contribution < -0.4 is 0 Å². The van der Waals surface area contributed by atoms with Crippen molar-refractivity contribution in [3.05, 3.63) is 0 Å². The molecule has 0 aromatic heterocycles. The minimum absolute atomic E-state index is 1.94. The van der Waals surface area contributed by atoms with Gasteiger partial charge in [0.25, 0.3) is 0 Å². The van der Waals surface area contributed by atoms with E-state index in [1.807, 2.05) is 0 Å². The fraction of sp³-hybridized carbons (Fsp3) is 1.00. The molecule has 0 bridgehead atoms. The molecule has 0 amide bonds. The van der Waals surface area contributed by atoms with Crippen molar-refractivity contribution < 1.29 is 9.79 Å². The summed E-state index contributed by atoms with van der Waals surface area (Å²) >= 11 is 0. The summed E-state index contributed by atoms with van der Waals surface area (Å²) in [5.74, 6) is 0. The van der Waals surface area contributed by atoms with Gasteiger partial charge in [0.2, 0.25) is 0 Å². The molecule has 0 aliphatic rings. The van der Waals surface area contributed by atoms with Crippen LogP contribution >= 0.6 is 5.70 Å². The summed E-state index contributed by atoms with van der Waals surface area (Å²) in [6.45, 7) is 19.3. The zero-order chi connectivity index (χ0) is 12.9. The summed E-state index contributed by atoms with van der Waals surface area (Å²) in [5, 5.41) is 0. The van der Waals surface area contributed by atoms with Gasteiger partial charge < -0.3 is 0 Å². The van der Waals surface area contributed by atoms with Crippen LogP contribution in [-0.4, -0.2) is 33.0 Å². The average molecular weight is 285 g/mol. The maximum absolute atomic E-state index is 11.4. The molecule has 0 aromatic rings. The SMILES string of the molecule is C[Si](C)(C)P(O)(O)([Si](C)(C)C)[Si](C)(C)C. The van der Waals surface area contributed by atoms with Crippen LogP contribution in [0.25, 0.3) is 0 Å². The third kappa shape index (κ3) is 1.85. The second-order valence-electron chi connectivity index (χ2n) is 7.54. The standard InChI is InChI=1S/C9H29O2PSi3/c1-13(2,3)12(10,11,14(4,5)6)15(7,8)9/h10-11H,1-9H3. The first-order chi connectivity index (χ1) is 6.07. The Hall–Kier alpha value is 1.00. The molecule has 0 rings (SSSR count). The maximum atomic E-state index is 11.4. The van der Waals surface area contributed by atoms with Crippen LogP contribution in [-0.2, 0) is 0 Å². The van der Waals surface area contributed by atoms with E-state index in [4.69, 9.17) is 0 Å². The van der Waals surface area contributed by atoms with Gasteiger partial charge in [-0.3, -0.25) is 0 Å². The van der Waals surface area contributed by atoms with Gasteiger partial charge in [-0.25, -0.2) is 0 Å². The van der Waals surface area contributed by atoms with Crippen molar-refractivity contribution in [2.75, 3.05) is 0 Å². The second-order valence-corrected chi connectivity index (χ2v) is 46.3. The molecule has 94 valence electrons. The van der Waals surface area contributed by atoms with Gasteiger partial charge >= 0.3 is 97.6 Å². The average Bonchev–Trinajstić information content (AvgIpc) is 1.78. The molecule has 0 aromatic carbocycles. The Bertz CT molecular complexity index is 215. The van der Waals surface area contributed by atoms with E-state index in [0.717, 1.165) is 0 Å². The van der Waals surface area contributed by atoms with Crippen LogP contribution in [0.4, 0.5) is 0 Å². The fourth-order valence-corrected chi connectivity index (χ4v) is 81.5. The Labute approximate surface area is 97.8 Å². The summed E-state index contributed by atoms with van der Waals surface area (Å²) in [6, 6.07) is 0. The molecule has 0 saturated carbocycles. The van der Waals surface area contributed by atoms with Gasteiger partial charge in [-0.2, -0.15) is 0 Å². The van der Waals surface area contributed by atoms with E-state index in [1.165, 1.54) is 0 Å². The Morgan fingerprint density at radius 2 is 0.667 bits per heavy atom. The van der Waals surface area contributed by atoms with Crippen molar-refractivity contribution in [3.63, 3.8) is 0 Å². The summed E-state index contributed by atoms with van der Waals surface area (Å²) in [4.78, 5) is 22.7. The van der Waals surface area contributed by atoms with Gasteiger partial charge in [0.15, 0.2) is 0 Å². The van der Waals surface area contributed by atoms with E-state index < -0.39 is 28.9 Å². The zero-order valence-corrected chi connectivity index (χ0v) is 15.7. The molecule has 2 N–H and O–H groups in total. The Balaban J connectivity index is 6.08. The molecule has 0 aliphatic carbocycles. The quantitative estimate of drug-likeness (QED) is 0.610. The Morgan fingerprint density at radius 3 is 0.667 bits per heavy atom. The molecule has 0 spiro atoms. The number of rotatable bonds is 3. The fourth-order valence-electron chi connectivity index (χ4n) is 3.02. The summed E-state index contributed by atoms with van der Waals surface area (Å²) in [5.41, 5.74) is -3.43. The van der Waals surface area contributed by atoms with Gasteiger partial charge in [-0.15, -0.1) is 0 Å². The summed E-state index contributed by atoms with van der Waals surface area (Å²) < 4.78 is 0. The van der Waals surface area contributed by atoms with Gasteiger partial charge in [-0.1, -0.05) is 0 Å². The van der Waals surface area contributed by atoms with Crippen molar-refractivity contribution in [1.29, 1.82) is 0 Å². The molecule has 0 aliphatic heterocycles. The van der Waals surface area contributed by atoms with E-state index >= 15 is 0 Å². The van der Waals surface area contributed by atoms with E-state index in [9.17, 15) is 9.79 Å². The minimum atomic E-state index is -3.43. The van der Waals surface area contributed by atoms with Crippen molar-refractivity contribution in [3.8, 4) is 0 Å². The van der Waals surface area contributed by atoms with Crippen molar-refractivity contribution in [2.24, 2.45) is 0 Å². The molecule has 0 saturated heterocycles. The zero-order valence-electron chi connectivity index (χ0n) is 11.8. The van der Waals surface area contributed by atoms with Crippen LogP contribution in [0.1, 0.15) is 0 Å². The summed E-state index contributed by atoms with van der Waals surface area (Å²) in [6.07, 6.45) is 0. The van der Waals surface area contributed by atoms with Gasteiger partial charge in [-0.05, 0) is 0 Å². The number of hydrogen-bond donors (Lipinski definition) is 2. The van der Waals surface area contributed by atoms with E-state index in [2.05, 4.69) is 58.9 Å². The van der Waals surface area contributed by atoms with Crippen molar-refractivity contribution >= 4 is 28.9 Å². The molecular weight excluding hydrogens is 255 g/mol. The molecular formula is C9H29O2PSi3. The van der Waals surface area contributed by atoms with Crippen molar-refractivity contribution in [1.82, 2.24) is 0 Å². The monoisotopic (exact) mass is 284 g/mol. The van der Waals surface area contributed by atoms with Gasteiger partial charge in [0.1, 0.15) is 0 Å². The van der Waals surface area contributed by atoms with Crippen LogP contribution in [0.5, 0.6) is 0 Å². The molecule has 6 heteroatoms. The first-order valence-electron chi connectivity index (χ1n) is 5.57. The predicted molar refractivity (Wildman–Crippen MR) is 81.4 cm³/mol. The van der Waals surface area contributed by atoms with Crippen LogP contribution in [0.3, 0.4) is 0 Å². The van der Waals surface area contributed by atoms with E-state index in [-0.39, 0.29) is 0 Å². The molecule has 0 unspecified atom stereocenters. The molecule has 0 radical (unpaired) electrons. The Kier molecular flexibility index (Phi) is 3.73. The molecule has 0 heterocycles. The molecule has 0 atom stereocenters. The van der Waals surface area contributed by atoms with Crippen LogP contribution in [0, 0.1) is 0 Å². The van der Waals surface area contributed by atoms with E-state index in [1.54, 1.807) is 0 Å².